The van der Waals surface area contributed by atoms with E-state index < -0.39 is 10.0 Å². The second-order valence-corrected chi connectivity index (χ2v) is 9.49. The van der Waals surface area contributed by atoms with Crippen LogP contribution < -0.4 is 10.0 Å². The lowest BCUT2D eigenvalue weighted by Crippen LogP contribution is -2.40. The van der Waals surface area contributed by atoms with Crippen molar-refractivity contribution in [1.29, 1.82) is 0 Å². The van der Waals surface area contributed by atoms with E-state index in [0.717, 1.165) is 25.7 Å². The first kappa shape index (κ1) is 19.9. The van der Waals surface area contributed by atoms with Gasteiger partial charge in [0.15, 0.2) is 0 Å². The minimum absolute atomic E-state index is 0.107. The first-order valence-corrected chi connectivity index (χ1v) is 10.5. The van der Waals surface area contributed by atoms with Gasteiger partial charge in [-0.05, 0) is 62.3 Å². The molecule has 1 aliphatic rings. The summed E-state index contributed by atoms with van der Waals surface area (Å²) >= 11 is 0. The predicted molar refractivity (Wildman–Crippen MR) is 100.0 cm³/mol. The Labute approximate surface area is 151 Å². The SMILES string of the molecule is CCC(C)(C)C1CCC(NC(=O)c2cccc(S(=O)(=O)NC)c2)CC1. The number of rotatable bonds is 6. The first-order valence-electron chi connectivity index (χ1n) is 9.04. The average Bonchev–Trinajstić information content (AvgIpc) is 2.62. The number of hydrogen-bond donors (Lipinski definition) is 2. The molecule has 0 aliphatic heterocycles. The van der Waals surface area contributed by atoms with Crippen LogP contribution in [0.2, 0.25) is 0 Å². The molecule has 0 saturated heterocycles. The van der Waals surface area contributed by atoms with E-state index in [0.29, 0.717) is 16.9 Å². The zero-order valence-electron chi connectivity index (χ0n) is 15.6. The summed E-state index contributed by atoms with van der Waals surface area (Å²) in [5, 5.41) is 3.07. The number of benzene rings is 1. The molecule has 6 heteroatoms. The van der Waals surface area contributed by atoms with Crippen LogP contribution >= 0.6 is 0 Å². The summed E-state index contributed by atoms with van der Waals surface area (Å²) in [4.78, 5) is 12.6. The molecule has 0 spiro atoms. The molecular weight excluding hydrogens is 336 g/mol. The molecule has 140 valence electrons. The Morgan fingerprint density at radius 2 is 1.84 bits per heavy atom. The molecule has 1 saturated carbocycles. The smallest absolute Gasteiger partial charge is 0.251 e. The molecule has 1 amide bonds. The van der Waals surface area contributed by atoms with Crippen LogP contribution in [0.3, 0.4) is 0 Å². The maximum absolute atomic E-state index is 12.5. The monoisotopic (exact) mass is 366 g/mol. The highest BCUT2D eigenvalue weighted by Crippen LogP contribution is 2.40. The molecule has 5 nitrogen and oxygen atoms in total. The zero-order valence-corrected chi connectivity index (χ0v) is 16.4. The van der Waals surface area contributed by atoms with Crippen molar-refractivity contribution in [2.45, 2.75) is 63.8 Å². The van der Waals surface area contributed by atoms with Gasteiger partial charge in [0.05, 0.1) is 4.90 Å². The number of carbonyl (C=O) groups is 1. The fraction of sp³-hybridized carbons (Fsp3) is 0.632. The molecule has 2 rings (SSSR count). The van der Waals surface area contributed by atoms with Crippen molar-refractivity contribution in [2.75, 3.05) is 7.05 Å². The predicted octanol–water partition coefficient (Wildman–Crippen LogP) is 3.32. The van der Waals surface area contributed by atoms with Crippen molar-refractivity contribution in [1.82, 2.24) is 10.0 Å². The maximum Gasteiger partial charge on any atom is 0.251 e. The van der Waals surface area contributed by atoms with E-state index >= 15 is 0 Å². The molecule has 0 aromatic heterocycles. The fourth-order valence-electron chi connectivity index (χ4n) is 3.50. The van der Waals surface area contributed by atoms with Gasteiger partial charge in [0.1, 0.15) is 0 Å². The van der Waals surface area contributed by atoms with E-state index in [-0.39, 0.29) is 16.8 Å². The van der Waals surface area contributed by atoms with Crippen LogP contribution in [0.4, 0.5) is 0 Å². The van der Waals surface area contributed by atoms with Crippen molar-refractivity contribution >= 4 is 15.9 Å². The van der Waals surface area contributed by atoms with Gasteiger partial charge in [0, 0.05) is 11.6 Å². The molecule has 0 bridgehead atoms. The molecule has 0 unspecified atom stereocenters. The van der Waals surface area contributed by atoms with E-state index in [9.17, 15) is 13.2 Å². The van der Waals surface area contributed by atoms with Gasteiger partial charge in [-0.1, -0.05) is 33.3 Å². The third-order valence-electron chi connectivity index (χ3n) is 5.75. The Kier molecular flexibility index (Phi) is 6.27. The van der Waals surface area contributed by atoms with E-state index in [1.54, 1.807) is 12.1 Å². The standard InChI is InChI=1S/C19H30N2O3S/c1-5-19(2,3)15-9-11-16(12-10-15)21-18(22)14-7-6-8-17(13-14)25(23,24)20-4/h6-8,13,15-16,20H,5,9-12H2,1-4H3,(H,21,22). The second-order valence-electron chi connectivity index (χ2n) is 7.60. The van der Waals surface area contributed by atoms with Gasteiger partial charge in [-0.2, -0.15) is 0 Å². The molecule has 1 aromatic carbocycles. The summed E-state index contributed by atoms with van der Waals surface area (Å²) in [6, 6.07) is 6.32. The number of sulfonamides is 1. The largest absolute Gasteiger partial charge is 0.349 e. The van der Waals surface area contributed by atoms with Gasteiger partial charge in [0.2, 0.25) is 10.0 Å². The number of hydrogen-bond acceptors (Lipinski definition) is 3. The molecule has 1 aromatic rings. The number of nitrogens with one attached hydrogen (secondary N) is 2. The van der Waals surface area contributed by atoms with Crippen LogP contribution in [0.15, 0.2) is 29.2 Å². The summed E-state index contributed by atoms with van der Waals surface area (Å²) in [6.45, 7) is 6.88. The third kappa shape index (κ3) is 4.82. The molecule has 2 N–H and O–H groups in total. The Balaban J connectivity index is 1.99. The lowest BCUT2D eigenvalue weighted by molar-refractivity contribution is 0.0893. The van der Waals surface area contributed by atoms with Crippen molar-refractivity contribution in [3.63, 3.8) is 0 Å². The molecule has 0 heterocycles. The summed E-state index contributed by atoms with van der Waals surface area (Å²) in [5.74, 6) is 0.501. The molecule has 0 radical (unpaired) electrons. The first-order chi connectivity index (χ1) is 11.7. The fourth-order valence-corrected chi connectivity index (χ4v) is 4.27. The van der Waals surface area contributed by atoms with E-state index in [1.165, 1.54) is 25.6 Å². The van der Waals surface area contributed by atoms with Crippen molar-refractivity contribution in [2.24, 2.45) is 11.3 Å². The lowest BCUT2D eigenvalue weighted by Gasteiger charge is -2.39. The van der Waals surface area contributed by atoms with Crippen molar-refractivity contribution < 1.29 is 13.2 Å². The van der Waals surface area contributed by atoms with Crippen LogP contribution in [0, 0.1) is 11.3 Å². The highest BCUT2D eigenvalue weighted by Gasteiger charge is 2.32. The van der Waals surface area contributed by atoms with Crippen LogP contribution in [-0.2, 0) is 10.0 Å². The van der Waals surface area contributed by atoms with Gasteiger partial charge in [-0.3, -0.25) is 4.79 Å². The van der Waals surface area contributed by atoms with E-state index in [4.69, 9.17) is 0 Å². The normalized spacial score (nSPS) is 21.8. The van der Waals surface area contributed by atoms with Crippen molar-refractivity contribution in [3.05, 3.63) is 29.8 Å². The van der Waals surface area contributed by atoms with Gasteiger partial charge in [-0.25, -0.2) is 13.1 Å². The molecule has 25 heavy (non-hydrogen) atoms. The van der Waals surface area contributed by atoms with Crippen molar-refractivity contribution in [3.8, 4) is 0 Å². The van der Waals surface area contributed by atoms with Gasteiger partial charge in [-0.15, -0.1) is 0 Å². The van der Waals surface area contributed by atoms with Crippen LogP contribution in [-0.4, -0.2) is 27.4 Å². The zero-order chi connectivity index (χ0) is 18.7. The number of amides is 1. The Bertz CT molecular complexity index is 705. The highest BCUT2D eigenvalue weighted by molar-refractivity contribution is 7.89. The quantitative estimate of drug-likeness (QED) is 0.811. The van der Waals surface area contributed by atoms with Gasteiger partial charge < -0.3 is 5.32 Å². The molecule has 1 fully saturated rings. The topological polar surface area (TPSA) is 75.3 Å². The van der Waals surface area contributed by atoms with Crippen LogP contribution in [0.25, 0.3) is 0 Å². The molecule has 1 aliphatic carbocycles. The van der Waals surface area contributed by atoms with Crippen LogP contribution in [0.5, 0.6) is 0 Å². The highest BCUT2D eigenvalue weighted by atomic mass is 32.2. The minimum atomic E-state index is -3.54. The summed E-state index contributed by atoms with van der Waals surface area (Å²) < 4.78 is 26.0. The minimum Gasteiger partial charge on any atom is -0.349 e. The Morgan fingerprint density at radius 1 is 1.20 bits per heavy atom. The molecule has 0 atom stereocenters. The summed E-state index contributed by atoms with van der Waals surface area (Å²) in [5.41, 5.74) is 0.734. The van der Waals surface area contributed by atoms with Crippen LogP contribution in [0.1, 0.15) is 63.2 Å². The summed E-state index contributed by atoms with van der Waals surface area (Å²) in [6.07, 6.45) is 5.38. The third-order valence-corrected chi connectivity index (χ3v) is 7.17. The summed E-state index contributed by atoms with van der Waals surface area (Å²) in [7, 11) is -2.18. The lowest BCUT2D eigenvalue weighted by atomic mass is 9.69. The van der Waals surface area contributed by atoms with E-state index in [2.05, 4.69) is 30.8 Å². The second kappa shape index (κ2) is 7.87. The number of carbonyl (C=O) groups excluding carboxylic acids is 1. The average molecular weight is 367 g/mol. The van der Waals surface area contributed by atoms with Gasteiger partial charge in [0.25, 0.3) is 5.91 Å². The van der Waals surface area contributed by atoms with Gasteiger partial charge >= 0.3 is 0 Å². The van der Waals surface area contributed by atoms with E-state index in [1.807, 2.05) is 0 Å². The maximum atomic E-state index is 12.5. The molecular formula is C19H30N2O3S. The Hall–Kier alpha value is -1.40. The Morgan fingerprint density at radius 3 is 2.40 bits per heavy atom.